The molecule has 0 saturated heterocycles. The van der Waals surface area contributed by atoms with Crippen LogP contribution in [0.1, 0.15) is 50.8 Å². The van der Waals surface area contributed by atoms with Gasteiger partial charge in [0.2, 0.25) is 0 Å². The lowest BCUT2D eigenvalue weighted by Gasteiger charge is -2.20. The number of hydrogen-bond acceptors (Lipinski definition) is 4. The van der Waals surface area contributed by atoms with E-state index < -0.39 is 0 Å². The van der Waals surface area contributed by atoms with E-state index in [-0.39, 0.29) is 31.4 Å². The first kappa shape index (κ1) is 15.5. The van der Waals surface area contributed by atoms with E-state index in [9.17, 15) is 14.7 Å². The van der Waals surface area contributed by atoms with Gasteiger partial charge in [-0.15, -0.1) is 0 Å². The Morgan fingerprint density at radius 2 is 2.26 bits per heavy atom. The second-order valence-corrected chi connectivity index (χ2v) is 5.74. The van der Waals surface area contributed by atoms with Crippen molar-refractivity contribution < 1.29 is 14.7 Å². The van der Waals surface area contributed by atoms with E-state index >= 15 is 0 Å². The van der Waals surface area contributed by atoms with Crippen LogP contribution < -0.4 is 0 Å². The van der Waals surface area contributed by atoms with Gasteiger partial charge >= 0.3 is 0 Å². The number of nitrogens with zero attached hydrogens (tertiary/aromatic N) is 2. The van der Waals surface area contributed by atoms with E-state index in [0.717, 1.165) is 18.5 Å². The zero-order valence-electron chi connectivity index (χ0n) is 13.1. The van der Waals surface area contributed by atoms with E-state index in [1.807, 2.05) is 0 Å². The summed E-state index contributed by atoms with van der Waals surface area (Å²) in [4.78, 5) is 36.6. The molecule has 0 radical (unpaired) electrons. The Morgan fingerprint density at radius 3 is 2.91 bits per heavy atom. The van der Waals surface area contributed by atoms with Gasteiger partial charge in [0.05, 0.1) is 13.2 Å². The lowest BCUT2D eigenvalue weighted by Crippen LogP contribution is -2.34. The van der Waals surface area contributed by atoms with Crippen LogP contribution in [0.4, 0.5) is 0 Å². The molecule has 0 atom stereocenters. The molecule has 0 aliphatic heterocycles. The molecule has 3 rings (SSSR count). The zero-order chi connectivity index (χ0) is 16.4. The van der Waals surface area contributed by atoms with Gasteiger partial charge in [0.15, 0.2) is 5.78 Å². The number of hydrogen-bond donors (Lipinski definition) is 3. The molecular formula is C16H20N4O3. The van der Waals surface area contributed by atoms with Crippen molar-refractivity contribution in [3.63, 3.8) is 0 Å². The standard InChI is InChI=1S/C16H20N4O3/c1-10-14-11(3-2-4-12(14)22)19-15(10)16(23)20(7-8-21)9-13-17-5-6-18-13/h5-6,19,21H,2-4,7-9H2,1H3,(H,17,18). The summed E-state index contributed by atoms with van der Waals surface area (Å²) >= 11 is 0. The molecule has 2 aromatic rings. The highest BCUT2D eigenvalue weighted by molar-refractivity contribution is 6.04. The number of aryl methyl sites for hydroxylation is 1. The molecule has 0 bridgehead atoms. The normalized spacial score (nSPS) is 13.9. The summed E-state index contributed by atoms with van der Waals surface area (Å²) in [7, 11) is 0. The van der Waals surface area contributed by atoms with Gasteiger partial charge < -0.3 is 20.0 Å². The number of carbonyl (C=O) groups excluding carboxylic acids is 2. The van der Waals surface area contributed by atoms with Crippen molar-refractivity contribution in [1.29, 1.82) is 0 Å². The first-order valence-electron chi connectivity index (χ1n) is 7.75. The third-order valence-electron chi connectivity index (χ3n) is 4.20. The summed E-state index contributed by atoms with van der Waals surface area (Å²) in [6.07, 6.45) is 5.44. The quantitative estimate of drug-likeness (QED) is 0.771. The number of amides is 1. The predicted octanol–water partition coefficient (Wildman–Crippen LogP) is 1.20. The molecule has 0 unspecified atom stereocenters. The van der Waals surface area contributed by atoms with Gasteiger partial charge in [-0.1, -0.05) is 0 Å². The highest BCUT2D eigenvalue weighted by Crippen LogP contribution is 2.27. The number of aliphatic hydroxyl groups is 1. The average Bonchev–Trinajstić information content (AvgIpc) is 3.15. The maximum Gasteiger partial charge on any atom is 0.271 e. The Bertz CT molecular complexity index is 718. The van der Waals surface area contributed by atoms with Gasteiger partial charge in [0.1, 0.15) is 11.5 Å². The molecule has 0 saturated carbocycles. The third-order valence-corrected chi connectivity index (χ3v) is 4.20. The molecule has 1 amide bonds. The van der Waals surface area contributed by atoms with Gasteiger partial charge in [-0.05, 0) is 25.3 Å². The maximum atomic E-state index is 12.8. The van der Waals surface area contributed by atoms with Crippen molar-refractivity contribution in [2.75, 3.05) is 13.2 Å². The number of ketones is 1. The molecule has 3 N–H and O–H groups in total. The van der Waals surface area contributed by atoms with Crippen molar-refractivity contribution in [2.24, 2.45) is 0 Å². The van der Waals surface area contributed by atoms with Crippen molar-refractivity contribution >= 4 is 11.7 Å². The molecule has 1 aliphatic rings. The molecule has 7 heteroatoms. The first-order valence-corrected chi connectivity index (χ1v) is 7.75. The number of Topliss-reactive ketones (excluding diaryl/α,β-unsaturated/α-hetero) is 1. The van der Waals surface area contributed by atoms with Crippen molar-refractivity contribution in [2.45, 2.75) is 32.7 Å². The number of aromatic nitrogens is 3. The van der Waals surface area contributed by atoms with Gasteiger partial charge in [-0.25, -0.2) is 4.98 Å². The Kier molecular flexibility index (Phi) is 4.29. The number of rotatable bonds is 5. The zero-order valence-corrected chi connectivity index (χ0v) is 13.1. The molecule has 23 heavy (non-hydrogen) atoms. The number of aromatic amines is 2. The molecule has 2 aromatic heterocycles. The Morgan fingerprint density at radius 1 is 1.43 bits per heavy atom. The van der Waals surface area contributed by atoms with Crippen LogP contribution in [0.5, 0.6) is 0 Å². The molecule has 0 aromatic carbocycles. The molecule has 0 fully saturated rings. The molecule has 7 nitrogen and oxygen atoms in total. The maximum absolute atomic E-state index is 12.8. The largest absolute Gasteiger partial charge is 0.395 e. The SMILES string of the molecule is Cc1c(C(=O)N(CCO)Cc2ncc[nH]2)[nH]c2c1C(=O)CCC2. The molecule has 2 heterocycles. The fourth-order valence-corrected chi connectivity index (χ4v) is 3.08. The highest BCUT2D eigenvalue weighted by Gasteiger charge is 2.28. The van der Waals surface area contributed by atoms with Crippen molar-refractivity contribution in [1.82, 2.24) is 19.9 Å². The molecule has 1 aliphatic carbocycles. The van der Waals surface area contributed by atoms with Crippen LogP contribution in [0.25, 0.3) is 0 Å². The Hall–Kier alpha value is -2.41. The molecular weight excluding hydrogens is 296 g/mol. The summed E-state index contributed by atoms with van der Waals surface area (Å²) < 4.78 is 0. The monoisotopic (exact) mass is 316 g/mol. The van der Waals surface area contributed by atoms with Crippen LogP contribution >= 0.6 is 0 Å². The van der Waals surface area contributed by atoms with Gasteiger partial charge in [0, 0.05) is 36.6 Å². The van der Waals surface area contributed by atoms with E-state index in [2.05, 4.69) is 15.0 Å². The minimum Gasteiger partial charge on any atom is -0.395 e. The van der Waals surface area contributed by atoms with E-state index in [1.165, 1.54) is 4.90 Å². The lowest BCUT2D eigenvalue weighted by molar-refractivity contribution is 0.0697. The second kappa shape index (κ2) is 6.37. The molecule has 122 valence electrons. The second-order valence-electron chi connectivity index (χ2n) is 5.74. The van der Waals surface area contributed by atoms with E-state index in [0.29, 0.717) is 29.1 Å². The van der Waals surface area contributed by atoms with Crippen molar-refractivity contribution in [3.05, 3.63) is 40.7 Å². The fourth-order valence-electron chi connectivity index (χ4n) is 3.08. The summed E-state index contributed by atoms with van der Waals surface area (Å²) in [6, 6.07) is 0. The number of aliphatic hydroxyl groups excluding tert-OH is 1. The third kappa shape index (κ3) is 2.92. The number of carbonyl (C=O) groups is 2. The van der Waals surface area contributed by atoms with Gasteiger partial charge in [-0.3, -0.25) is 9.59 Å². The minimum absolute atomic E-state index is 0.0961. The van der Waals surface area contributed by atoms with Crippen LogP contribution in [0.3, 0.4) is 0 Å². The van der Waals surface area contributed by atoms with Crippen LogP contribution in [0.2, 0.25) is 0 Å². The summed E-state index contributed by atoms with van der Waals surface area (Å²) in [5.74, 6) is 0.519. The van der Waals surface area contributed by atoms with Crippen LogP contribution in [-0.4, -0.2) is 49.8 Å². The number of nitrogens with one attached hydrogen (secondary N) is 2. The Balaban J connectivity index is 1.89. The summed E-state index contributed by atoms with van der Waals surface area (Å²) in [5.41, 5.74) is 2.66. The molecule has 0 spiro atoms. The summed E-state index contributed by atoms with van der Waals surface area (Å²) in [5, 5.41) is 9.25. The first-order chi connectivity index (χ1) is 11.1. The predicted molar refractivity (Wildman–Crippen MR) is 83.2 cm³/mol. The minimum atomic E-state index is -0.227. The fraction of sp³-hybridized carbons (Fsp3) is 0.438. The average molecular weight is 316 g/mol. The van der Waals surface area contributed by atoms with E-state index in [1.54, 1.807) is 19.3 Å². The lowest BCUT2D eigenvalue weighted by atomic mass is 9.94. The number of imidazole rings is 1. The van der Waals surface area contributed by atoms with Crippen LogP contribution in [-0.2, 0) is 13.0 Å². The van der Waals surface area contributed by atoms with E-state index in [4.69, 9.17) is 0 Å². The van der Waals surface area contributed by atoms with Crippen LogP contribution in [0, 0.1) is 6.92 Å². The van der Waals surface area contributed by atoms with Gasteiger partial charge in [-0.2, -0.15) is 0 Å². The number of H-pyrrole nitrogens is 2. The smallest absolute Gasteiger partial charge is 0.271 e. The topological polar surface area (TPSA) is 102 Å². The van der Waals surface area contributed by atoms with Crippen LogP contribution in [0.15, 0.2) is 12.4 Å². The Labute approximate surface area is 133 Å². The number of fused-ring (bicyclic) bond motifs is 1. The van der Waals surface area contributed by atoms with Gasteiger partial charge in [0.25, 0.3) is 5.91 Å². The highest BCUT2D eigenvalue weighted by atomic mass is 16.3. The summed E-state index contributed by atoms with van der Waals surface area (Å²) in [6.45, 7) is 2.15. The van der Waals surface area contributed by atoms with Crippen molar-refractivity contribution in [3.8, 4) is 0 Å².